The first-order valence-corrected chi connectivity index (χ1v) is 8.44. The number of hydrogen-bond acceptors (Lipinski definition) is 2. The van der Waals surface area contributed by atoms with Crippen molar-refractivity contribution in [3.63, 3.8) is 0 Å². The van der Waals surface area contributed by atoms with Crippen LogP contribution in [0, 0.1) is 17.7 Å². The van der Waals surface area contributed by atoms with Crippen molar-refractivity contribution in [2.75, 3.05) is 6.54 Å². The minimum atomic E-state index is -3.51. The van der Waals surface area contributed by atoms with E-state index in [0.717, 1.165) is 0 Å². The molecule has 1 N–H and O–H groups in total. The van der Waals surface area contributed by atoms with Gasteiger partial charge in [0, 0.05) is 10.6 Å². The van der Waals surface area contributed by atoms with Crippen LogP contribution in [-0.2, 0) is 15.8 Å². The number of sulfonamides is 1. The van der Waals surface area contributed by atoms with Gasteiger partial charge in [-0.25, -0.2) is 17.5 Å². The molecule has 0 amide bonds. The van der Waals surface area contributed by atoms with Crippen LogP contribution in [0.25, 0.3) is 0 Å². The normalized spacial score (nSPS) is 10.8. The van der Waals surface area contributed by atoms with Crippen molar-refractivity contribution in [2.24, 2.45) is 0 Å². The topological polar surface area (TPSA) is 46.2 Å². The largest absolute Gasteiger partial charge is 0.216 e. The summed E-state index contributed by atoms with van der Waals surface area (Å²) in [4.78, 5) is 0. The molecule has 114 valence electrons. The third kappa shape index (κ3) is 5.49. The van der Waals surface area contributed by atoms with Gasteiger partial charge >= 0.3 is 0 Å². The summed E-state index contributed by atoms with van der Waals surface area (Å²) >= 11 is 5.83. The van der Waals surface area contributed by atoms with Crippen LogP contribution in [0.15, 0.2) is 48.5 Å². The van der Waals surface area contributed by atoms with Crippen LogP contribution in [0.1, 0.15) is 11.1 Å². The summed E-state index contributed by atoms with van der Waals surface area (Å²) in [7, 11) is -3.51. The maximum Gasteiger partial charge on any atom is 0.216 e. The number of benzene rings is 2. The smallest absolute Gasteiger partial charge is 0.212 e. The van der Waals surface area contributed by atoms with E-state index in [9.17, 15) is 12.8 Å². The number of rotatable bonds is 4. The third-order valence-electron chi connectivity index (χ3n) is 2.71. The molecule has 22 heavy (non-hydrogen) atoms. The molecule has 0 bridgehead atoms. The number of halogens is 2. The highest BCUT2D eigenvalue weighted by atomic mass is 35.5. The molecule has 0 aliphatic carbocycles. The Balaban J connectivity index is 1.92. The Morgan fingerprint density at radius 3 is 2.55 bits per heavy atom. The van der Waals surface area contributed by atoms with Gasteiger partial charge in [0.1, 0.15) is 5.82 Å². The lowest BCUT2D eigenvalue weighted by atomic mass is 10.2. The Bertz CT molecular complexity index is 808. The lowest BCUT2D eigenvalue weighted by Gasteiger charge is -2.03. The Morgan fingerprint density at radius 1 is 1.14 bits per heavy atom. The highest BCUT2D eigenvalue weighted by Crippen LogP contribution is 2.09. The Hall–Kier alpha value is -1.87. The fraction of sp³-hybridized carbons (Fsp3) is 0.125. The molecule has 0 atom stereocenters. The summed E-state index contributed by atoms with van der Waals surface area (Å²) in [6.45, 7) is -0.00393. The van der Waals surface area contributed by atoms with Gasteiger partial charge in [0.2, 0.25) is 10.0 Å². The minimum Gasteiger partial charge on any atom is -0.212 e. The second kappa shape index (κ2) is 7.41. The molecule has 0 saturated carbocycles. The van der Waals surface area contributed by atoms with Crippen LogP contribution < -0.4 is 4.72 Å². The van der Waals surface area contributed by atoms with Crippen LogP contribution in [0.3, 0.4) is 0 Å². The summed E-state index contributed by atoms with van der Waals surface area (Å²) in [5.74, 6) is 4.92. The molecule has 6 heteroatoms. The van der Waals surface area contributed by atoms with E-state index >= 15 is 0 Å². The summed E-state index contributed by atoms with van der Waals surface area (Å²) < 4.78 is 38.9. The van der Waals surface area contributed by atoms with Crippen LogP contribution in [0.5, 0.6) is 0 Å². The third-order valence-corrected chi connectivity index (χ3v) is 4.24. The first-order chi connectivity index (χ1) is 10.4. The summed E-state index contributed by atoms with van der Waals surface area (Å²) in [5, 5.41) is 0.573. The Kier molecular flexibility index (Phi) is 5.56. The summed E-state index contributed by atoms with van der Waals surface area (Å²) in [6, 6.07) is 12.3. The van der Waals surface area contributed by atoms with Crippen molar-refractivity contribution >= 4 is 21.6 Å². The van der Waals surface area contributed by atoms with E-state index in [1.807, 2.05) is 0 Å². The van der Waals surface area contributed by atoms with E-state index in [0.29, 0.717) is 16.1 Å². The highest BCUT2D eigenvalue weighted by molar-refractivity contribution is 7.88. The van der Waals surface area contributed by atoms with Gasteiger partial charge in [-0.05, 0) is 35.9 Å². The molecule has 0 spiro atoms. The summed E-state index contributed by atoms with van der Waals surface area (Å²) in [6.07, 6.45) is 0. The van der Waals surface area contributed by atoms with Gasteiger partial charge in [-0.15, -0.1) is 0 Å². The molecular weight excluding hydrogens is 325 g/mol. The van der Waals surface area contributed by atoms with E-state index in [4.69, 9.17) is 11.6 Å². The standard InChI is InChI=1S/C16H13ClFNO2S/c17-15-5-1-3-13(11-15)4-2-10-19-22(20,21)12-14-6-8-16(18)9-7-14/h1,3,5-9,11,19H,10,12H2. The predicted molar refractivity (Wildman–Crippen MR) is 85.4 cm³/mol. The van der Waals surface area contributed by atoms with Gasteiger partial charge < -0.3 is 0 Å². The number of nitrogens with one attached hydrogen (secondary N) is 1. The van der Waals surface area contributed by atoms with Crippen molar-refractivity contribution < 1.29 is 12.8 Å². The zero-order valence-electron chi connectivity index (χ0n) is 11.5. The molecule has 2 aromatic carbocycles. The molecule has 0 radical (unpaired) electrons. The van der Waals surface area contributed by atoms with Crippen LogP contribution in [-0.4, -0.2) is 15.0 Å². The van der Waals surface area contributed by atoms with Crippen molar-refractivity contribution in [1.82, 2.24) is 4.72 Å². The van der Waals surface area contributed by atoms with E-state index in [1.165, 1.54) is 24.3 Å². The van der Waals surface area contributed by atoms with Gasteiger partial charge in [0.15, 0.2) is 0 Å². The van der Waals surface area contributed by atoms with Gasteiger partial charge in [-0.2, -0.15) is 0 Å². The molecular formula is C16H13ClFNO2S. The van der Waals surface area contributed by atoms with Crippen molar-refractivity contribution in [3.05, 3.63) is 70.5 Å². The van der Waals surface area contributed by atoms with Gasteiger partial charge in [-0.1, -0.05) is 41.6 Å². The van der Waals surface area contributed by atoms with Crippen molar-refractivity contribution in [2.45, 2.75) is 5.75 Å². The fourth-order valence-electron chi connectivity index (χ4n) is 1.71. The molecule has 0 aliphatic rings. The quantitative estimate of drug-likeness (QED) is 0.872. The van der Waals surface area contributed by atoms with Gasteiger partial charge in [0.25, 0.3) is 0 Å². The average molecular weight is 338 g/mol. The Labute approximate surface area is 134 Å². The second-order valence-electron chi connectivity index (χ2n) is 4.52. The Morgan fingerprint density at radius 2 is 1.86 bits per heavy atom. The number of hydrogen-bond donors (Lipinski definition) is 1. The zero-order valence-corrected chi connectivity index (χ0v) is 13.1. The zero-order chi connectivity index (χ0) is 16.0. The van der Waals surface area contributed by atoms with Crippen molar-refractivity contribution in [3.8, 4) is 11.8 Å². The second-order valence-corrected chi connectivity index (χ2v) is 6.76. The van der Waals surface area contributed by atoms with E-state index in [2.05, 4.69) is 16.6 Å². The van der Waals surface area contributed by atoms with E-state index < -0.39 is 15.8 Å². The molecule has 3 nitrogen and oxygen atoms in total. The van der Waals surface area contributed by atoms with Crippen LogP contribution in [0.4, 0.5) is 4.39 Å². The maximum absolute atomic E-state index is 12.8. The van der Waals surface area contributed by atoms with Crippen LogP contribution >= 0.6 is 11.6 Å². The maximum atomic E-state index is 12.8. The molecule has 0 unspecified atom stereocenters. The predicted octanol–water partition coefficient (Wildman–Crippen LogP) is 2.95. The molecule has 0 saturated heterocycles. The van der Waals surface area contributed by atoms with E-state index in [1.54, 1.807) is 24.3 Å². The minimum absolute atomic E-state index is 0.00393. The first kappa shape index (κ1) is 16.5. The fourth-order valence-corrected chi connectivity index (χ4v) is 2.93. The van der Waals surface area contributed by atoms with Crippen LogP contribution in [0.2, 0.25) is 5.02 Å². The lowest BCUT2D eigenvalue weighted by Crippen LogP contribution is -2.25. The van der Waals surface area contributed by atoms with Gasteiger partial charge in [0.05, 0.1) is 12.3 Å². The SMILES string of the molecule is O=S(=O)(Cc1ccc(F)cc1)NCC#Cc1cccc(Cl)c1. The lowest BCUT2D eigenvalue weighted by molar-refractivity contribution is 0.585. The molecule has 0 heterocycles. The molecule has 2 rings (SSSR count). The van der Waals surface area contributed by atoms with E-state index in [-0.39, 0.29) is 12.3 Å². The van der Waals surface area contributed by atoms with Gasteiger partial charge in [-0.3, -0.25) is 0 Å². The molecule has 0 aromatic heterocycles. The summed E-state index contributed by atoms with van der Waals surface area (Å²) in [5.41, 5.74) is 1.22. The highest BCUT2D eigenvalue weighted by Gasteiger charge is 2.10. The molecule has 0 aliphatic heterocycles. The average Bonchev–Trinajstić information content (AvgIpc) is 2.46. The molecule has 2 aromatic rings. The first-order valence-electron chi connectivity index (χ1n) is 6.41. The monoisotopic (exact) mass is 337 g/mol. The van der Waals surface area contributed by atoms with Crippen molar-refractivity contribution in [1.29, 1.82) is 0 Å². The molecule has 0 fully saturated rings.